The highest BCUT2D eigenvalue weighted by molar-refractivity contribution is 5.95. The molecule has 1 N–H and O–H groups in total. The number of nitrogens with zero attached hydrogens (tertiary/aromatic N) is 2. The molecule has 1 aliphatic rings. The molecule has 5 nitrogen and oxygen atoms in total. The van der Waals surface area contributed by atoms with Gasteiger partial charge in [-0.05, 0) is 56.9 Å². The highest BCUT2D eigenvalue weighted by Gasteiger charge is 2.36. The van der Waals surface area contributed by atoms with Crippen molar-refractivity contribution in [2.75, 3.05) is 13.6 Å². The van der Waals surface area contributed by atoms with E-state index >= 15 is 0 Å². The van der Waals surface area contributed by atoms with E-state index in [1.807, 2.05) is 43.5 Å². The third-order valence-electron chi connectivity index (χ3n) is 6.61. The number of aryl methyl sites for hydroxylation is 1. The van der Waals surface area contributed by atoms with Crippen LogP contribution in [-0.2, 0) is 11.8 Å². The first-order valence-corrected chi connectivity index (χ1v) is 10.6. The third kappa shape index (κ3) is 5.18. The summed E-state index contributed by atoms with van der Waals surface area (Å²) in [6, 6.07) is 1.99. The summed E-state index contributed by atoms with van der Waals surface area (Å²) in [5.74, 6) is 0.699. The summed E-state index contributed by atoms with van der Waals surface area (Å²) in [6.45, 7) is 13.4. The van der Waals surface area contributed by atoms with Crippen molar-refractivity contribution in [3.05, 3.63) is 23.0 Å². The van der Waals surface area contributed by atoms with Crippen molar-refractivity contribution in [2.45, 2.75) is 73.3 Å². The molecule has 1 fully saturated rings. The van der Waals surface area contributed by atoms with Gasteiger partial charge in [-0.15, -0.1) is 0 Å². The van der Waals surface area contributed by atoms with Crippen molar-refractivity contribution in [1.29, 1.82) is 0 Å². The van der Waals surface area contributed by atoms with E-state index in [1.165, 1.54) is 0 Å². The second-order valence-corrected chi connectivity index (χ2v) is 9.82. The largest absolute Gasteiger partial charge is 0.351 e. The molecule has 28 heavy (non-hydrogen) atoms. The summed E-state index contributed by atoms with van der Waals surface area (Å²) in [5.41, 5.74) is 3.08. The SMILES string of the molecule is Cc1cc(C(=O)NC(CCN(C)C(=O)C2CCC(C)(C)C2)C(C)C)c(C)n1C. The van der Waals surface area contributed by atoms with E-state index in [1.54, 1.807) is 0 Å². The van der Waals surface area contributed by atoms with Crippen LogP contribution in [0.3, 0.4) is 0 Å². The molecular formula is C23H39N3O2. The van der Waals surface area contributed by atoms with Crippen LogP contribution in [0.2, 0.25) is 0 Å². The number of hydrogen-bond donors (Lipinski definition) is 1. The molecule has 0 aliphatic heterocycles. The Morgan fingerprint density at radius 1 is 1.32 bits per heavy atom. The molecule has 1 aromatic heterocycles. The Kier molecular flexibility index (Phi) is 7.00. The molecule has 158 valence electrons. The molecule has 1 aromatic rings. The van der Waals surface area contributed by atoms with Gasteiger partial charge in [0.25, 0.3) is 5.91 Å². The number of nitrogens with one attached hydrogen (secondary N) is 1. The zero-order chi connectivity index (χ0) is 21.2. The number of carbonyl (C=O) groups excluding carboxylic acids is 2. The Hall–Kier alpha value is -1.78. The van der Waals surface area contributed by atoms with Crippen molar-refractivity contribution in [3.8, 4) is 0 Å². The minimum Gasteiger partial charge on any atom is -0.351 e. The lowest BCUT2D eigenvalue weighted by atomic mass is 9.90. The molecule has 0 spiro atoms. The van der Waals surface area contributed by atoms with E-state index in [4.69, 9.17) is 0 Å². The highest BCUT2D eigenvalue weighted by Crippen LogP contribution is 2.41. The van der Waals surface area contributed by atoms with Gasteiger partial charge in [0.15, 0.2) is 0 Å². The first kappa shape index (κ1) is 22.5. The summed E-state index contributed by atoms with van der Waals surface area (Å²) in [4.78, 5) is 27.4. The zero-order valence-electron chi connectivity index (χ0n) is 19.1. The summed E-state index contributed by atoms with van der Waals surface area (Å²) in [5, 5.41) is 3.20. The molecule has 2 atom stereocenters. The molecule has 2 amide bonds. The van der Waals surface area contributed by atoms with Crippen LogP contribution in [0, 0.1) is 31.1 Å². The van der Waals surface area contributed by atoms with Crippen LogP contribution in [0.4, 0.5) is 0 Å². The van der Waals surface area contributed by atoms with E-state index < -0.39 is 0 Å². The maximum atomic E-state index is 12.8. The third-order valence-corrected chi connectivity index (χ3v) is 6.61. The molecule has 0 aromatic carbocycles. The normalized spacial score (nSPS) is 19.7. The van der Waals surface area contributed by atoms with Gasteiger partial charge in [-0.25, -0.2) is 0 Å². The van der Waals surface area contributed by atoms with E-state index in [9.17, 15) is 9.59 Å². The van der Waals surface area contributed by atoms with Gasteiger partial charge in [-0.1, -0.05) is 27.7 Å². The van der Waals surface area contributed by atoms with Crippen LogP contribution in [0.15, 0.2) is 6.07 Å². The average Bonchev–Trinajstić information content (AvgIpc) is 3.11. The van der Waals surface area contributed by atoms with Gasteiger partial charge in [-0.3, -0.25) is 9.59 Å². The molecular weight excluding hydrogens is 350 g/mol. The maximum Gasteiger partial charge on any atom is 0.253 e. The minimum atomic E-state index is -0.0218. The fraction of sp³-hybridized carbons (Fsp3) is 0.739. The van der Waals surface area contributed by atoms with Gasteiger partial charge < -0.3 is 14.8 Å². The molecule has 2 rings (SSSR count). The predicted molar refractivity (Wildman–Crippen MR) is 114 cm³/mol. The smallest absolute Gasteiger partial charge is 0.253 e. The van der Waals surface area contributed by atoms with Crippen LogP contribution in [0.25, 0.3) is 0 Å². The molecule has 0 bridgehead atoms. The standard InChI is InChI=1S/C23H39N3O2/c1-15(2)20(24-21(27)19-13-16(3)26(8)17(19)4)10-12-25(7)22(28)18-9-11-23(5,6)14-18/h13,15,18,20H,9-12,14H2,1-8H3,(H,24,27). The topological polar surface area (TPSA) is 54.3 Å². The van der Waals surface area contributed by atoms with Crippen molar-refractivity contribution < 1.29 is 9.59 Å². The molecule has 1 saturated carbocycles. The number of hydrogen-bond acceptors (Lipinski definition) is 2. The quantitative estimate of drug-likeness (QED) is 0.764. The molecule has 1 heterocycles. The number of rotatable bonds is 7. The fourth-order valence-electron chi connectivity index (χ4n) is 4.31. The van der Waals surface area contributed by atoms with Crippen LogP contribution in [0.5, 0.6) is 0 Å². The molecule has 2 unspecified atom stereocenters. The summed E-state index contributed by atoms with van der Waals surface area (Å²) in [7, 11) is 3.88. The fourth-order valence-corrected chi connectivity index (χ4v) is 4.31. The lowest BCUT2D eigenvalue weighted by Gasteiger charge is -2.27. The summed E-state index contributed by atoms with van der Waals surface area (Å²) >= 11 is 0. The maximum absolute atomic E-state index is 12.8. The van der Waals surface area contributed by atoms with Gasteiger partial charge >= 0.3 is 0 Å². The summed E-state index contributed by atoms with van der Waals surface area (Å²) < 4.78 is 2.04. The van der Waals surface area contributed by atoms with Crippen LogP contribution >= 0.6 is 0 Å². The summed E-state index contributed by atoms with van der Waals surface area (Å²) in [6.07, 6.45) is 3.87. The Morgan fingerprint density at radius 3 is 2.43 bits per heavy atom. The Morgan fingerprint density at radius 2 is 1.96 bits per heavy atom. The monoisotopic (exact) mass is 389 g/mol. The Bertz CT molecular complexity index is 718. The van der Waals surface area contributed by atoms with Crippen molar-refractivity contribution >= 4 is 11.8 Å². The molecule has 0 radical (unpaired) electrons. The van der Waals surface area contributed by atoms with Gasteiger partial charge in [0.2, 0.25) is 5.91 Å². The second-order valence-electron chi connectivity index (χ2n) is 9.82. The van der Waals surface area contributed by atoms with Crippen molar-refractivity contribution in [3.63, 3.8) is 0 Å². The minimum absolute atomic E-state index is 0.0218. The molecule has 0 saturated heterocycles. The predicted octanol–water partition coefficient (Wildman–Crippen LogP) is 4.07. The van der Waals surface area contributed by atoms with Crippen LogP contribution in [-0.4, -0.2) is 40.9 Å². The average molecular weight is 390 g/mol. The lowest BCUT2D eigenvalue weighted by molar-refractivity contribution is -0.134. The van der Waals surface area contributed by atoms with Crippen LogP contribution in [0.1, 0.15) is 75.1 Å². The Labute approximate surface area is 170 Å². The lowest BCUT2D eigenvalue weighted by Crippen LogP contribution is -2.42. The molecule has 5 heteroatoms. The van der Waals surface area contributed by atoms with Crippen molar-refractivity contribution in [1.82, 2.24) is 14.8 Å². The van der Waals surface area contributed by atoms with E-state index in [2.05, 4.69) is 33.0 Å². The zero-order valence-corrected chi connectivity index (χ0v) is 19.1. The van der Waals surface area contributed by atoms with E-state index in [0.717, 1.165) is 42.6 Å². The van der Waals surface area contributed by atoms with Crippen LogP contribution < -0.4 is 5.32 Å². The van der Waals surface area contributed by atoms with Gasteiger partial charge in [0, 0.05) is 44.0 Å². The van der Waals surface area contributed by atoms with E-state index in [-0.39, 0.29) is 29.2 Å². The highest BCUT2D eigenvalue weighted by atomic mass is 16.2. The van der Waals surface area contributed by atoms with Gasteiger partial charge in [-0.2, -0.15) is 0 Å². The second kappa shape index (κ2) is 8.71. The number of carbonyl (C=O) groups is 2. The Balaban J connectivity index is 1.94. The van der Waals surface area contributed by atoms with Gasteiger partial charge in [0.05, 0.1) is 5.56 Å². The number of amides is 2. The first-order chi connectivity index (χ1) is 12.9. The van der Waals surface area contributed by atoms with Crippen molar-refractivity contribution in [2.24, 2.45) is 24.3 Å². The number of aromatic nitrogens is 1. The molecule has 1 aliphatic carbocycles. The van der Waals surface area contributed by atoms with E-state index in [0.29, 0.717) is 12.5 Å². The van der Waals surface area contributed by atoms with Gasteiger partial charge in [0.1, 0.15) is 0 Å². The first-order valence-electron chi connectivity index (χ1n) is 10.6.